The zero-order chi connectivity index (χ0) is 20.1. The van der Waals surface area contributed by atoms with Crippen molar-refractivity contribution in [1.29, 1.82) is 0 Å². The molecule has 1 unspecified atom stereocenters. The first kappa shape index (κ1) is 19.3. The summed E-state index contributed by atoms with van der Waals surface area (Å²) < 4.78 is 5.76. The van der Waals surface area contributed by atoms with Gasteiger partial charge in [0.05, 0.1) is 18.7 Å². The maximum atomic E-state index is 13.0. The van der Waals surface area contributed by atoms with Crippen LogP contribution in [0, 0.1) is 0 Å². The van der Waals surface area contributed by atoms with Crippen molar-refractivity contribution in [3.8, 4) is 0 Å². The molecule has 150 valence electrons. The molecule has 3 aromatic heterocycles. The molecule has 0 aromatic carbocycles. The summed E-state index contributed by atoms with van der Waals surface area (Å²) in [6, 6.07) is 7.17. The second kappa shape index (κ2) is 9.01. The second-order valence-corrected chi connectivity index (χ2v) is 7.31. The molecule has 9 nitrogen and oxygen atoms in total. The van der Waals surface area contributed by atoms with Gasteiger partial charge in [0.2, 0.25) is 5.65 Å². The largest absolute Gasteiger partial charge is 0.391 e. The molecule has 1 atom stereocenters. The molecule has 3 aromatic rings. The van der Waals surface area contributed by atoms with Gasteiger partial charge in [-0.2, -0.15) is 0 Å². The van der Waals surface area contributed by atoms with Gasteiger partial charge in [-0.15, -0.1) is 23.4 Å². The van der Waals surface area contributed by atoms with Gasteiger partial charge in [0, 0.05) is 24.7 Å². The number of amides is 1. The van der Waals surface area contributed by atoms with Crippen molar-refractivity contribution >= 4 is 28.8 Å². The molecule has 0 saturated carbocycles. The van der Waals surface area contributed by atoms with Crippen molar-refractivity contribution in [3.63, 3.8) is 0 Å². The Morgan fingerprint density at radius 1 is 1.34 bits per heavy atom. The van der Waals surface area contributed by atoms with E-state index in [1.807, 2.05) is 6.07 Å². The van der Waals surface area contributed by atoms with Gasteiger partial charge in [-0.3, -0.25) is 4.79 Å². The number of nitrogens with zero attached hydrogens (tertiary/aromatic N) is 6. The number of aromatic nitrogens is 5. The minimum Gasteiger partial charge on any atom is -0.391 e. The summed E-state index contributed by atoms with van der Waals surface area (Å²) in [5.74, 6) is 0.627. The monoisotopic (exact) mass is 412 g/mol. The third-order valence-electron chi connectivity index (χ3n) is 4.33. The van der Waals surface area contributed by atoms with Crippen LogP contribution in [0.2, 0.25) is 0 Å². The van der Waals surface area contributed by atoms with Gasteiger partial charge in [-0.05, 0) is 29.5 Å². The van der Waals surface area contributed by atoms with E-state index in [0.29, 0.717) is 47.2 Å². The van der Waals surface area contributed by atoms with Crippen molar-refractivity contribution in [2.45, 2.75) is 11.1 Å². The zero-order valence-corrected chi connectivity index (χ0v) is 16.5. The molecule has 0 bridgehead atoms. The van der Waals surface area contributed by atoms with Crippen molar-refractivity contribution in [1.82, 2.24) is 30.0 Å². The second-order valence-electron chi connectivity index (χ2n) is 6.30. The summed E-state index contributed by atoms with van der Waals surface area (Å²) in [5.41, 5.74) is 1.78. The number of carbonyl (C=O) groups is 1. The molecular weight excluding hydrogens is 392 g/mol. The van der Waals surface area contributed by atoms with Crippen LogP contribution in [0.4, 0.5) is 0 Å². The molecule has 29 heavy (non-hydrogen) atoms. The van der Waals surface area contributed by atoms with E-state index in [2.05, 4.69) is 26.9 Å². The molecular formula is C19H20N6O3S. The SMILES string of the molecule is C=CCSc1ncccc1C(=O)N1CCOC(COn2nnc3cccnc32)C1. The molecule has 4 rings (SSSR count). The maximum Gasteiger partial charge on any atom is 0.256 e. The third kappa shape index (κ3) is 4.38. The van der Waals surface area contributed by atoms with Crippen molar-refractivity contribution in [2.24, 2.45) is 0 Å². The maximum absolute atomic E-state index is 13.0. The van der Waals surface area contributed by atoms with Gasteiger partial charge in [-0.25, -0.2) is 9.97 Å². The van der Waals surface area contributed by atoms with Crippen LogP contribution in [0.15, 0.2) is 54.3 Å². The van der Waals surface area contributed by atoms with Gasteiger partial charge in [0.15, 0.2) is 0 Å². The van der Waals surface area contributed by atoms with Crippen LogP contribution in [-0.4, -0.2) is 74.1 Å². The normalized spacial score (nSPS) is 16.7. The highest BCUT2D eigenvalue weighted by molar-refractivity contribution is 7.99. The molecule has 10 heteroatoms. The van der Waals surface area contributed by atoms with Crippen LogP contribution < -0.4 is 4.84 Å². The van der Waals surface area contributed by atoms with Crippen LogP contribution >= 0.6 is 11.8 Å². The molecule has 1 fully saturated rings. The Bertz CT molecular complexity index is 1010. The van der Waals surface area contributed by atoms with E-state index >= 15 is 0 Å². The fourth-order valence-corrected chi connectivity index (χ4v) is 3.69. The highest BCUT2D eigenvalue weighted by atomic mass is 32.2. The number of hydrogen-bond acceptors (Lipinski definition) is 8. The van der Waals surface area contributed by atoms with Gasteiger partial charge in [0.25, 0.3) is 5.91 Å². The predicted molar refractivity (Wildman–Crippen MR) is 108 cm³/mol. The van der Waals surface area contributed by atoms with Crippen molar-refractivity contribution < 1.29 is 14.4 Å². The first-order valence-electron chi connectivity index (χ1n) is 9.15. The highest BCUT2D eigenvalue weighted by Gasteiger charge is 2.27. The highest BCUT2D eigenvalue weighted by Crippen LogP contribution is 2.22. The topological polar surface area (TPSA) is 95.3 Å². The first-order valence-corrected chi connectivity index (χ1v) is 10.1. The van der Waals surface area contributed by atoms with E-state index in [1.165, 1.54) is 16.6 Å². The lowest BCUT2D eigenvalue weighted by molar-refractivity contribution is -0.0681. The van der Waals surface area contributed by atoms with E-state index in [-0.39, 0.29) is 18.6 Å². The summed E-state index contributed by atoms with van der Waals surface area (Å²) in [5, 5.41) is 8.66. The molecule has 1 amide bonds. The minimum atomic E-state index is -0.281. The number of hydrogen-bond donors (Lipinski definition) is 0. The van der Waals surface area contributed by atoms with Crippen LogP contribution in [0.1, 0.15) is 10.4 Å². The Morgan fingerprint density at radius 3 is 3.10 bits per heavy atom. The molecule has 1 aliphatic rings. The summed E-state index contributed by atoms with van der Waals surface area (Å²) in [6.45, 7) is 5.32. The smallest absolute Gasteiger partial charge is 0.256 e. The molecule has 4 heterocycles. The fourth-order valence-electron chi connectivity index (χ4n) is 2.97. The Kier molecular flexibility index (Phi) is 6.01. The van der Waals surface area contributed by atoms with Crippen molar-refractivity contribution in [2.75, 3.05) is 32.1 Å². The fraction of sp³-hybridized carbons (Fsp3) is 0.316. The number of morpholine rings is 1. The van der Waals surface area contributed by atoms with E-state index in [0.717, 1.165) is 0 Å². The van der Waals surface area contributed by atoms with E-state index in [1.54, 1.807) is 41.6 Å². The van der Waals surface area contributed by atoms with Gasteiger partial charge in [0.1, 0.15) is 23.3 Å². The Hall–Kier alpha value is -2.98. The van der Waals surface area contributed by atoms with Gasteiger partial charge >= 0.3 is 0 Å². The van der Waals surface area contributed by atoms with Gasteiger partial charge in [-0.1, -0.05) is 10.9 Å². The summed E-state index contributed by atoms with van der Waals surface area (Å²) in [7, 11) is 0. The quantitative estimate of drug-likeness (QED) is 0.425. The summed E-state index contributed by atoms with van der Waals surface area (Å²) in [4.78, 5) is 30.3. The average Bonchev–Trinajstić information content (AvgIpc) is 3.19. The Balaban J connectivity index is 1.40. The van der Waals surface area contributed by atoms with Crippen molar-refractivity contribution in [3.05, 3.63) is 54.9 Å². The van der Waals surface area contributed by atoms with E-state index < -0.39 is 0 Å². The lowest BCUT2D eigenvalue weighted by Crippen LogP contribution is -2.48. The molecule has 1 aliphatic heterocycles. The molecule has 0 aliphatic carbocycles. The zero-order valence-electron chi connectivity index (χ0n) is 15.7. The number of ether oxygens (including phenoxy) is 1. The Labute approximate surface area is 171 Å². The van der Waals surface area contributed by atoms with Crippen LogP contribution in [0.25, 0.3) is 11.2 Å². The molecule has 0 N–H and O–H groups in total. The van der Waals surface area contributed by atoms with Crippen LogP contribution in [0.3, 0.4) is 0 Å². The standard InChI is InChI=1S/C19H20N6O3S/c1-2-11-29-18-15(5-3-8-21-18)19(26)24-9-10-27-14(12-24)13-28-25-17-16(22-23-25)6-4-7-20-17/h2-8,14H,1,9-13H2. The number of thioether (sulfide) groups is 1. The summed E-state index contributed by atoms with van der Waals surface area (Å²) >= 11 is 1.49. The average molecular weight is 412 g/mol. The lowest BCUT2D eigenvalue weighted by atomic mass is 10.2. The number of pyridine rings is 2. The van der Waals surface area contributed by atoms with Gasteiger partial charge < -0.3 is 14.5 Å². The number of rotatable bonds is 7. The molecule has 0 spiro atoms. The lowest BCUT2D eigenvalue weighted by Gasteiger charge is -2.32. The number of fused-ring (bicyclic) bond motifs is 1. The van der Waals surface area contributed by atoms with E-state index in [4.69, 9.17) is 9.57 Å². The molecule has 0 radical (unpaired) electrons. The first-order chi connectivity index (χ1) is 14.3. The third-order valence-corrected chi connectivity index (χ3v) is 5.33. The number of carbonyl (C=O) groups excluding carboxylic acids is 1. The minimum absolute atomic E-state index is 0.0640. The summed E-state index contributed by atoms with van der Waals surface area (Å²) in [6.07, 6.45) is 4.85. The van der Waals surface area contributed by atoms with Crippen LogP contribution in [0.5, 0.6) is 0 Å². The predicted octanol–water partition coefficient (Wildman–Crippen LogP) is 1.47. The molecule has 1 saturated heterocycles. The van der Waals surface area contributed by atoms with E-state index in [9.17, 15) is 4.79 Å². The van der Waals surface area contributed by atoms with Crippen LogP contribution in [-0.2, 0) is 4.74 Å². The Morgan fingerprint density at radius 2 is 2.21 bits per heavy atom.